The third kappa shape index (κ3) is 6.19. The second kappa shape index (κ2) is 10.4. The van der Waals surface area contributed by atoms with Gasteiger partial charge in [0.1, 0.15) is 11.5 Å². The number of aryl methyl sites for hydroxylation is 1. The lowest BCUT2D eigenvalue weighted by molar-refractivity contribution is -0.123. The van der Waals surface area contributed by atoms with Gasteiger partial charge in [0.25, 0.3) is 5.91 Å². The number of nitrogens with zero attached hydrogens (tertiary/aromatic N) is 2. The second-order valence-corrected chi connectivity index (χ2v) is 6.89. The first-order valence-electron chi connectivity index (χ1n) is 9.38. The number of rotatable bonds is 9. The smallest absolute Gasteiger partial charge is 0.316 e. The van der Waals surface area contributed by atoms with Crippen molar-refractivity contribution in [2.75, 3.05) is 26.8 Å². The molecule has 0 saturated heterocycles. The molecule has 0 fully saturated rings. The van der Waals surface area contributed by atoms with Crippen LogP contribution in [0.15, 0.2) is 47.0 Å². The zero-order valence-electron chi connectivity index (χ0n) is 17.0. The van der Waals surface area contributed by atoms with Crippen LogP contribution in [0.4, 0.5) is 0 Å². The molecule has 2 aromatic carbocycles. The Morgan fingerprint density at radius 2 is 1.84 bits per heavy atom. The molecule has 31 heavy (non-hydrogen) atoms. The average Bonchev–Trinajstić information content (AvgIpc) is 3.26. The number of methoxy groups -OCH3 is 1. The van der Waals surface area contributed by atoms with E-state index in [4.69, 9.17) is 25.6 Å². The number of halogens is 1. The maximum atomic E-state index is 12.1. The number of carbonyl (C=O) groups is 2. The lowest BCUT2D eigenvalue weighted by atomic mass is 10.2. The Kier molecular flexibility index (Phi) is 7.45. The molecule has 1 aromatic heterocycles. The van der Waals surface area contributed by atoms with Crippen LogP contribution in [0.5, 0.6) is 11.5 Å². The van der Waals surface area contributed by atoms with Gasteiger partial charge in [0, 0.05) is 23.7 Å². The lowest BCUT2D eigenvalue weighted by Gasteiger charge is -2.10. The molecule has 0 aliphatic carbocycles. The van der Waals surface area contributed by atoms with Crippen LogP contribution in [-0.4, -0.2) is 48.8 Å². The van der Waals surface area contributed by atoms with Gasteiger partial charge in [0.2, 0.25) is 5.82 Å². The first-order chi connectivity index (χ1) is 15.0. The molecule has 3 aromatic rings. The molecule has 0 bridgehead atoms. The maximum Gasteiger partial charge on any atom is 0.316 e. The molecule has 1 heterocycles. The van der Waals surface area contributed by atoms with Crippen molar-refractivity contribution >= 4 is 23.4 Å². The Bertz CT molecular complexity index is 1050. The first kappa shape index (κ1) is 22.1. The minimum Gasteiger partial charge on any atom is -0.497 e. The van der Waals surface area contributed by atoms with Gasteiger partial charge in [-0.1, -0.05) is 16.8 Å². The van der Waals surface area contributed by atoms with Gasteiger partial charge in [-0.15, -0.1) is 0 Å². The molecule has 0 radical (unpaired) electrons. The van der Waals surface area contributed by atoms with Gasteiger partial charge in [-0.2, -0.15) is 4.98 Å². The fraction of sp³-hybridized carbons (Fsp3) is 0.238. The zero-order chi connectivity index (χ0) is 22.2. The molecule has 0 aliphatic rings. The van der Waals surface area contributed by atoms with E-state index >= 15 is 0 Å². The van der Waals surface area contributed by atoms with Crippen molar-refractivity contribution in [3.05, 3.63) is 58.9 Å². The van der Waals surface area contributed by atoms with E-state index in [0.717, 1.165) is 5.56 Å². The number of nitrogens with one attached hydrogen (secondary N) is 2. The number of carbonyl (C=O) groups excluding carboxylic acids is 2. The van der Waals surface area contributed by atoms with Gasteiger partial charge in [-0.05, 0) is 55.0 Å². The van der Waals surface area contributed by atoms with Crippen LogP contribution in [0.3, 0.4) is 0 Å². The molecule has 2 N–H and O–H groups in total. The third-order valence-corrected chi connectivity index (χ3v) is 4.43. The van der Waals surface area contributed by atoms with Crippen molar-refractivity contribution in [1.82, 2.24) is 20.8 Å². The molecule has 0 unspecified atom stereocenters. The van der Waals surface area contributed by atoms with E-state index < -0.39 is 5.91 Å². The predicted molar refractivity (Wildman–Crippen MR) is 113 cm³/mol. The highest BCUT2D eigenvalue weighted by molar-refractivity contribution is 6.30. The number of aromatic nitrogens is 2. The van der Waals surface area contributed by atoms with Gasteiger partial charge in [-0.3, -0.25) is 9.59 Å². The summed E-state index contributed by atoms with van der Waals surface area (Å²) >= 11 is 5.89. The van der Waals surface area contributed by atoms with Crippen molar-refractivity contribution in [3.63, 3.8) is 0 Å². The molecule has 9 nitrogen and oxygen atoms in total. The van der Waals surface area contributed by atoms with E-state index in [0.29, 0.717) is 22.1 Å². The summed E-state index contributed by atoms with van der Waals surface area (Å²) in [5.41, 5.74) is 1.52. The Morgan fingerprint density at radius 3 is 2.55 bits per heavy atom. The van der Waals surface area contributed by atoms with Crippen LogP contribution in [0, 0.1) is 6.92 Å². The van der Waals surface area contributed by atoms with Gasteiger partial charge in [0.15, 0.2) is 6.61 Å². The standard InChI is InChI=1S/C21H21ClN4O5/c1-13-11-15(22)5-8-17(13)30-12-18(27)23-9-10-24-20(28)21-25-19(26-31-21)14-3-6-16(29-2)7-4-14/h3-8,11H,9-10,12H2,1-2H3,(H,23,27)(H,24,28). The second-order valence-electron chi connectivity index (χ2n) is 6.46. The maximum absolute atomic E-state index is 12.1. The zero-order valence-corrected chi connectivity index (χ0v) is 17.7. The summed E-state index contributed by atoms with van der Waals surface area (Å²) in [5, 5.41) is 9.65. The first-order valence-corrected chi connectivity index (χ1v) is 9.76. The number of amides is 2. The molecule has 3 rings (SSSR count). The molecule has 2 amide bonds. The van der Waals surface area contributed by atoms with Crippen LogP contribution >= 0.6 is 11.6 Å². The fourth-order valence-electron chi connectivity index (χ4n) is 2.60. The van der Waals surface area contributed by atoms with Crippen molar-refractivity contribution in [3.8, 4) is 22.9 Å². The van der Waals surface area contributed by atoms with Crippen LogP contribution < -0.4 is 20.1 Å². The van der Waals surface area contributed by atoms with Gasteiger partial charge in [0.05, 0.1) is 7.11 Å². The number of hydrogen-bond donors (Lipinski definition) is 2. The quantitative estimate of drug-likeness (QED) is 0.487. The molecule has 0 aliphatic heterocycles. The van der Waals surface area contributed by atoms with Gasteiger partial charge < -0.3 is 24.6 Å². The van der Waals surface area contributed by atoms with Crippen LogP contribution in [0.2, 0.25) is 5.02 Å². The minimum atomic E-state index is -0.533. The fourth-order valence-corrected chi connectivity index (χ4v) is 2.82. The van der Waals surface area contributed by atoms with Crippen molar-refractivity contribution in [2.24, 2.45) is 0 Å². The molecule has 0 atom stereocenters. The third-order valence-electron chi connectivity index (χ3n) is 4.20. The van der Waals surface area contributed by atoms with E-state index in [1.54, 1.807) is 49.6 Å². The normalized spacial score (nSPS) is 10.4. The van der Waals surface area contributed by atoms with Crippen LogP contribution in [0.25, 0.3) is 11.4 Å². The monoisotopic (exact) mass is 444 g/mol. The molecular weight excluding hydrogens is 424 g/mol. The van der Waals surface area contributed by atoms with Crippen molar-refractivity contribution in [2.45, 2.75) is 6.92 Å². The topological polar surface area (TPSA) is 116 Å². The number of benzene rings is 2. The van der Waals surface area contributed by atoms with Gasteiger partial charge in [-0.25, -0.2) is 0 Å². The summed E-state index contributed by atoms with van der Waals surface area (Å²) in [6, 6.07) is 12.2. The van der Waals surface area contributed by atoms with Crippen molar-refractivity contribution in [1.29, 1.82) is 0 Å². The SMILES string of the molecule is COc1ccc(-c2noc(C(=O)NCCNC(=O)COc3ccc(Cl)cc3C)n2)cc1. The molecule has 0 saturated carbocycles. The molecule has 162 valence electrons. The lowest BCUT2D eigenvalue weighted by Crippen LogP contribution is -2.36. The van der Waals surface area contributed by atoms with E-state index in [9.17, 15) is 9.59 Å². The van der Waals surface area contributed by atoms with Crippen LogP contribution in [-0.2, 0) is 4.79 Å². The highest BCUT2D eigenvalue weighted by atomic mass is 35.5. The van der Waals surface area contributed by atoms with Crippen molar-refractivity contribution < 1.29 is 23.6 Å². The summed E-state index contributed by atoms with van der Waals surface area (Å²) in [6.07, 6.45) is 0. The van der Waals surface area contributed by atoms with E-state index in [1.807, 2.05) is 6.92 Å². The largest absolute Gasteiger partial charge is 0.497 e. The molecule has 10 heteroatoms. The Hall–Kier alpha value is -3.59. The van der Waals surface area contributed by atoms with E-state index in [-0.39, 0.29) is 37.3 Å². The number of hydrogen-bond acceptors (Lipinski definition) is 7. The van der Waals surface area contributed by atoms with E-state index in [2.05, 4.69) is 20.8 Å². The highest BCUT2D eigenvalue weighted by Gasteiger charge is 2.16. The summed E-state index contributed by atoms with van der Waals surface area (Å²) in [4.78, 5) is 28.1. The number of ether oxygens (including phenoxy) is 2. The summed E-state index contributed by atoms with van der Waals surface area (Å²) in [5.74, 6) is 0.546. The van der Waals surface area contributed by atoms with Crippen LogP contribution in [0.1, 0.15) is 16.2 Å². The Balaban J connectivity index is 1.40. The predicted octanol–water partition coefficient (Wildman–Crippen LogP) is 2.63. The Morgan fingerprint density at radius 1 is 1.10 bits per heavy atom. The highest BCUT2D eigenvalue weighted by Crippen LogP contribution is 2.21. The summed E-state index contributed by atoms with van der Waals surface area (Å²) < 4.78 is 15.6. The summed E-state index contributed by atoms with van der Waals surface area (Å²) in [7, 11) is 1.57. The van der Waals surface area contributed by atoms with E-state index in [1.165, 1.54) is 0 Å². The molecular formula is C21H21ClN4O5. The van der Waals surface area contributed by atoms with Gasteiger partial charge >= 0.3 is 11.8 Å². The Labute approximate surface area is 183 Å². The average molecular weight is 445 g/mol. The summed E-state index contributed by atoms with van der Waals surface area (Å²) in [6.45, 7) is 2.09. The molecule has 0 spiro atoms. The minimum absolute atomic E-state index is 0.148.